The second-order valence-corrected chi connectivity index (χ2v) is 5.62. The van der Waals surface area contributed by atoms with Crippen LogP contribution in [-0.4, -0.2) is 9.97 Å². The third-order valence-electron chi connectivity index (χ3n) is 2.93. The Morgan fingerprint density at radius 3 is 2.63 bits per heavy atom. The number of anilines is 3. The van der Waals surface area contributed by atoms with Crippen LogP contribution < -0.4 is 11.1 Å². The topological polar surface area (TPSA) is 63.8 Å². The average molecular weight is 321 g/mol. The predicted molar refractivity (Wildman–Crippen MR) is 82.7 cm³/mol. The van der Waals surface area contributed by atoms with E-state index in [9.17, 15) is 0 Å². The number of hydrogen-bond acceptors (Lipinski definition) is 4. The summed E-state index contributed by atoms with van der Waals surface area (Å²) in [4.78, 5) is 8.34. The highest BCUT2D eigenvalue weighted by molar-refractivity contribution is 9.10. The number of nitrogen functional groups attached to an aromatic ring is 1. The number of rotatable bonds is 3. The smallest absolute Gasteiger partial charge is 0.139 e. The van der Waals surface area contributed by atoms with Gasteiger partial charge in [0.1, 0.15) is 18.0 Å². The minimum absolute atomic E-state index is 0.262. The number of nitrogens with two attached hydrogens (primary N) is 1. The lowest BCUT2D eigenvalue weighted by atomic mass is 10.0. The SMILES string of the molecule is Cc1ccc(Nc2ncnc(N)c2C(C)C)cc1Br. The van der Waals surface area contributed by atoms with Gasteiger partial charge in [-0.3, -0.25) is 0 Å². The summed E-state index contributed by atoms with van der Waals surface area (Å²) in [6.45, 7) is 6.20. The third kappa shape index (κ3) is 3.04. The summed E-state index contributed by atoms with van der Waals surface area (Å²) in [6.07, 6.45) is 1.48. The first-order valence-electron chi connectivity index (χ1n) is 6.12. The number of benzene rings is 1. The zero-order valence-electron chi connectivity index (χ0n) is 11.2. The fourth-order valence-corrected chi connectivity index (χ4v) is 2.26. The van der Waals surface area contributed by atoms with E-state index >= 15 is 0 Å². The summed E-state index contributed by atoms with van der Waals surface area (Å²) in [7, 11) is 0. The molecule has 0 fully saturated rings. The first kappa shape index (κ1) is 13.8. The molecule has 3 N–H and O–H groups in total. The van der Waals surface area contributed by atoms with Crippen LogP contribution in [0.4, 0.5) is 17.3 Å². The molecule has 0 radical (unpaired) electrons. The number of nitrogens with one attached hydrogen (secondary N) is 1. The van der Waals surface area contributed by atoms with Crippen molar-refractivity contribution in [1.82, 2.24) is 9.97 Å². The molecule has 0 amide bonds. The molecule has 0 aliphatic heterocycles. The molecule has 2 rings (SSSR count). The molecule has 100 valence electrons. The Bertz CT molecular complexity index is 596. The van der Waals surface area contributed by atoms with Crippen LogP contribution in [0.3, 0.4) is 0 Å². The van der Waals surface area contributed by atoms with Crippen molar-refractivity contribution in [2.24, 2.45) is 0 Å². The first-order chi connectivity index (χ1) is 8.99. The van der Waals surface area contributed by atoms with Gasteiger partial charge in [-0.15, -0.1) is 0 Å². The summed E-state index contributed by atoms with van der Waals surface area (Å²) in [5, 5.41) is 3.30. The number of hydrogen-bond donors (Lipinski definition) is 2. The van der Waals surface area contributed by atoms with Gasteiger partial charge in [0, 0.05) is 15.7 Å². The highest BCUT2D eigenvalue weighted by Crippen LogP contribution is 2.29. The number of nitrogens with zero attached hydrogens (tertiary/aromatic N) is 2. The van der Waals surface area contributed by atoms with Gasteiger partial charge >= 0.3 is 0 Å². The van der Waals surface area contributed by atoms with Gasteiger partial charge in [-0.2, -0.15) is 0 Å². The second-order valence-electron chi connectivity index (χ2n) is 4.76. The third-order valence-corrected chi connectivity index (χ3v) is 3.78. The summed E-state index contributed by atoms with van der Waals surface area (Å²) in [6, 6.07) is 6.09. The molecule has 1 heterocycles. The Kier molecular flexibility index (Phi) is 4.04. The summed E-state index contributed by atoms with van der Waals surface area (Å²) in [5.41, 5.74) is 9.03. The van der Waals surface area contributed by atoms with E-state index in [-0.39, 0.29) is 5.92 Å². The van der Waals surface area contributed by atoms with Gasteiger partial charge in [0.2, 0.25) is 0 Å². The normalized spacial score (nSPS) is 10.8. The largest absolute Gasteiger partial charge is 0.383 e. The molecule has 5 heteroatoms. The van der Waals surface area contributed by atoms with Crippen LogP contribution in [0.15, 0.2) is 29.0 Å². The molecule has 0 saturated heterocycles. The Balaban J connectivity index is 2.38. The molecule has 0 aliphatic rings. The minimum Gasteiger partial charge on any atom is -0.383 e. The van der Waals surface area contributed by atoms with Crippen molar-refractivity contribution < 1.29 is 0 Å². The molecule has 1 aromatic heterocycles. The van der Waals surface area contributed by atoms with Gasteiger partial charge in [0.25, 0.3) is 0 Å². The summed E-state index contributed by atoms with van der Waals surface area (Å²) < 4.78 is 1.06. The average Bonchev–Trinajstić information content (AvgIpc) is 2.33. The van der Waals surface area contributed by atoms with Crippen molar-refractivity contribution in [3.8, 4) is 0 Å². The fourth-order valence-electron chi connectivity index (χ4n) is 1.89. The quantitative estimate of drug-likeness (QED) is 0.897. The van der Waals surface area contributed by atoms with Gasteiger partial charge in [-0.1, -0.05) is 35.8 Å². The molecule has 0 saturated carbocycles. The Labute approximate surface area is 121 Å². The summed E-state index contributed by atoms with van der Waals surface area (Å²) in [5.74, 6) is 1.55. The Hall–Kier alpha value is -1.62. The van der Waals surface area contributed by atoms with Crippen molar-refractivity contribution in [2.75, 3.05) is 11.1 Å². The van der Waals surface area contributed by atoms with E-state index in [1.807, 2.05) is 18.2 Å². The van der Waals surface area contributed by atoms with Crippen molar-refractivity contribution in [3.05, 3.63) is 40.1 Å². The van der Waals surface area contributed by atoms with Crippen LogP contribution in [0.25, 0.3) is 0 Å². The lowest BCUT2D eigenvalue weighted by Crippen LogP contribution is -2.06. The van der Waals surface area contributed by atoms with Crippen LogP contribution in [0, 0.1) is 6.92 Å². The standard InChI is InChI=1S/C14H17BrN4/c1-8(2)12-13(16)17-7-18-14(12)19-10-5-4-9(3)11(15)6-10/h4-8H,1-3H3,(H3,16,17,18,19). The zero-order valence-corrected chi connectivity index (χ0v) is 12.8. The Morgan fingerprint density at radius 2 is 2.00 bits per heavy atom. The lowest BCUT2D eigenvalue weighted by molar-refractivity contribution is 0.855. The van der Waals surface area contributed by atoms with Crippen molar-refractivity contribution in [3.63, 3.8) is 0 Å². The van der Waals surface area contributed by atoms with Crippen molar-refractivity contribution >= 4 is 33.3 Å². The molecule has 19 heavy (non-hydrogen) atoms. The van der Waals surface area contributed by atoms with Crippen LogP contribution in [0.2, 0.25) is 0 Å². The fraction of sp³-hybridized carbons (Fsp3) is 0.286. The number of aromatic nitrogens is 2. The first-order valence-corrected chi connectivity index (χ1v) is 6.92. The van der Waals surface area contributed by atoms with Crippen molar-refractivity contribution in [2.45, 2.75) is 26.7 Å². The molecule has 2 aromatic rings. The number of aryl methyl sites for hydroxylation is 1. The summed E-state index contributed by atoms with van der Waals surface area (Å²) >= 11 is 3.52. The van der Waals surface area contributed by atoms with Crippen molar-refractivity contribution in [1.29, 1.82) is 0 Å². The minimum atomic E-state index is 0.262. The molecule has 0 spiro atoms. The van der Waals surface area contributed by atoms with Gasteiger partial charge in [-0.05, 0) is 30.5 Å². The van der Waals surface area contributed by atoms with E-state index in [4.69, 9.17) is 5.73 Å². The van der Waals surface area contributed by atoms with Gasteiger partial charge < -0.3 is 11.1 Å². The second kappa shape index (κ2) is 5.57. The Morgan fingerprint density at radius 1 is 1.26 bits per heavy atom. The van der Waals surface area contributed by atoms with Gasteiger partial charge in [-0.25, -0.2) is 9.97 Å². The highest BCUT2D eigenvalue weighted by Gasteiger charge is 2.13. The van der Waals surface area contributed by atoms with Crippen LogP contribution in [-0.2, 0) is 0 Å². The predicted octanol–water partition coefficient (Wildman–Crippen LogP) is 4.00. The molecule has 4 nitrogen and oxygen atoms in total. The number of halogens is 1. The van der Waals surface area contributed by atoms with Gasteiger partial charge in [0.15, 0.2) is 0 Å². The maximum Gasteiger partial charge on any atom is 0.139 e. The van der Waals surface area contributed by atoms with Crippen LogP contribution in [0.5, 0.6) is 0 Å². The molecule has 0 unspecified atom stereocenters. The van der Waals surface area contributed by atoms with E-state index in [2.05, 4.69) is 52.0 Å². The molecule has 1 aromatic carbocycles. The highest BCUT2D eigenvalue weighted by atomic mass is 79.9. The van der Waals surface area contributed by atoms with E-state index in [1.165, 1.54) is 11.9 Å². The molecular weight excluding hydrogens is 304 g/mol. The lowest BCUT2D eigenvalue weighted by Gasteiger charge is -2.15. The maximum absolute atomic E-state index is 5.93. The van der Waals surface area contributed by atoms with E-state index in [0.717, 1.165) is 21.5 Å². The molecular formula is C14H17BrN4. The maximum atomic E-state index is 5.93. The molecule has 0 aliphatic carbocycles. The zero-order chi connectivity index (χ0) is 14.0. The van der Waals surface area contributed by atoms with E-state index < -0.39 is 0 Å². The van der Waals surface area contributed by atoms with E-state index in [0.29, 0.717) is 5.82 Å². The van der Waals surface area contributed by atoms with E-state index in [1.54, 1.807) is 0 Å². The van der Waals surface area contributed by atoms with Crippen LogP contribution >= 0.6 is 15.9 Å². The van der Waals surface area contributed by atoms with Gasteiger partial charge in [0.05, 0.1) is 0 Å². The molecule has 0 atom stereocenters. The monoisotopic (exact) mass is 320 g/mol. The molecule has 0 bridgehead atoms. The van der Waals surface area contributed by atoms with Crippen LogP contribution in [0.1, 0.15) is 30.9 Å².